The second-order valence-corrected chi connectivity index (χ2v) is 4.01. The van der Waals surface area contributed by atoms with Crippen molar-refractivity contribution in [2.45, 2.75) is 44.6 Å². The minimum atomic E-state index is 0.484. The fourth-order valence-corrected chi connectivity index (χ4v) is 2.70. The van der Waals surface area contributed by atoms with E-state index in [1.165, 1.54) is 38.5 Å². The van der Waals surface area contributed by atoms with Crippen molar-refractivity contribution < 1.29 is 5.06 Å². The molecule has 0 aromatic carbocycles. The lowest BCUT2D eigenvalue weighted by atomic mass is 9.79. The summed E-state index contributed by atoms with van der Waals surface area (Å²) >= 11 is 0. The quantitative estimate of drug-likeness (QED) is 0.513. The fraction of sp³-hybridized carbons (Fsp3) is 1.00. The van der Waals surface area contributed by atoms with E-state index in [4.69, 9.17) is 0 Å². The molecule has 1 aliphatic heterocycles. The van der Waals surface area contributed by atoms with Crippen LogP contribution in [0.5, 0.6) is 0 Å². The molecule has 0 spiro atoms. The van der Waals surface area contributed by atoms with Crippen LogP contribution in [-0.2, 0) is 0 Å². The van der Waals surface area contributed by atoms with E-state index in [2.05, 4.69) is 0 Å². The van der Waals surface area contributed by atoms with Gasteiger partial charge in [-0.1, -0.05) is 6.42 Å². The molecule has 1 saturated heterocycles. The van der Waals surface area contributed by atoms with Crippen LogP contribution in [0.15, 0.2) is 0 Å². The summed E-state index contributed by atoms with van der Waals surface area (Å²) in [6, 6.07) is 0.484. The topological polar surface area (TPSA) is 27.5 Å². The maximum absolute atomic E-state index is 11.4. The number of hydroxylamine groups is 2. The Kier molecular flexibility index (Phi) is 2.14. The number of hydrogen-bond donors (Lipinski definition) is 1. The van der Waals surface area contributed by atoms with Gasteiger partial charge in [0.1, 0.15) is 0 Å². The zero-order valence-corrected chi connectivity index (χ0v) is 7.01. The summed E-state index contributed by atoms with van der Waals surface area (Å²) in [7, 11) is 0. The molecule has 1 aliphatic carbocycles. The van der Waals surface area contributed by atoms with Crippen molar-refractivity contribution in [3.8, 4) is 0 Å². The van der Waals surface area contributed by atoms with Gasteiger partial charge in [-0.05, 0) is 32.1 Å². The van der Waals surface area contributed by atoms with Crippen LogP contribution in [0.1, 0.15) is 38.5 Å². The SMILES string of the molecule is [O-][NH+]1CCCC2CCCCC21. The monoisotopic (exact) mass is 155 g/mol. The van der Waals surface area contributed by atoms with Crippen LogP contribution in [0.2, 0.25) is 0 Å². The Morgan fingerprint density at radius 3 is 2.55 bits per heavy atom. The van der Waals surface area contributed by atoms with E-state index in [0.717, 1.165) is 12.5 Å². The molecule has 2 fully saturated rings. The highest BCUT2D eigenvalue weighted by atomic mass is 16.5. The van der Waals surface area contributed by atoms with Crippen LogP contribution in [-0.4, -0.2) is 12.6 Å². The van der Waals surface area contributed by atoms with Crippen molar-refractivity contribution in [3.63, 3.8) is 0 Å². The van der Waals surface area contributed by atoms with Crippen molar-refractivity contribution in [2.24, 2.45) is 5.92 Å². The van der Waals surface area contributed by atoms with E-state index >= 15 is 0 Å². The first-order valence-corrected chi connectivity index (χ1v) is 4.90. The average Bonchev–Trinajstić information content (AvgIpc) is 2.06. The normalized spacial score (nSPS) is 45.0. The number of quaternary nitrogens is 1. The zero-order chi connectivity index (χ0) is 7.68. The average molecular weight is 155 g/mol. The predicted octanol–water partition coefficient (Wildman–Crippen LogP) is 0.722. The molecular weight excluding hydrogens is 138 g/mol. The molecule has 11 heavy (non-hydrogen) atoms. The fourth-order valence-electron chi connectivity index (χ4n) is 2.70. The number of fused-ring (bicyclic) bond motifs is 1. The molecule has 0 aromatic rings. The summed E-state index contributed by atoms with van der Waals surface area (Å²) in [4.78, 5) is 0. The second-order valence-electron chi connectivity index (χ2n) is 4.01. The Hall–Kier alpha value is -0.0800. The summed E-state index contributed by atoms with van der Waals surface area (Å²) in [6.07, 6.45) is 7.69. The van der Waals surface area contributed by atoms with Crippen molar-refractivity contribution in [1.29, 1.82) is 0 Å². The molecule has 2 rings (SSSR count). The Balaban J connectivity index is 1.99. The Morgan fingerprint density at radius 1 is 1.00 bits per heavy atom. The van der Waals surface area contributed by atoms with Crippen LogP contribution in [0.3, 0.4) is 0 Å². The summed E-state index contributed by atoms with van der Waals surface area (Å²) in [6.45, 7) is 0.876. The highest BCUT2D eigenvalue weighted by Crippen LogP contribution is 2.27. The third-order valence-corrected chi connectivity index (χ3v) is 3.32. The van der Waals surface area contributed by atoms with Gasteiger partial charge < -0.3 is 10.3 Å². The number of hydrogen-bond acceptors (Lipinski definition) is 1. The number of nitrogens with one attached hydrogen (secondary N) is 1. The van der Waals surface area contributed by atoms with Gasteiger partial charge in [-0.3, -0.25) is 0 Å². The largest absolute Gasteiger partial charge is 0.634 e. The lowest BCUT2D eigenvalue weighted by Gasteiger charge is -2.43. The first kappa shape index (κ1) is 7.56. The Bertz CT molecular complexity index is 136. The number of piperidine rings is 1. The Morgan fingerprint density at radius 2 is 1.73 bits per heavy atom. The zero-order valence-electron chi connectivity index (χ0n) is 7.01. The molecule has 2 nitrogen and oxygen atoms in total. The van der Waals surface area contributed by atoms with Crippen LogP contribution in [0, 0.1) is 11.1 Å². The van der Waals surface area contributed by atoms with E-state index in [0.29, 0.717) is 11.1 Å². The van der Waals surface area contributed by atoms with Crippen molar-refractivity contribution in [3.05, 3.63) is 5.21 Å². The molecule has 1 N–H and O–H groups in total. The van der Waals surface area contributed by atoms with Gasteiger partial charge in [0.15, 0.2) is 0 Å². The summed E-state index contributed by atoms with van der Waals surface area (Å²) in [5.41, 5.74) is 0. The summed E-state index contributed by atoms with van der Waals surface area (Å²) in [5, 5.41) is 12.0. The van der Waals surface area contributed by atoms with Gasteiger partial charge in [-0.15, -0.1) is 0 Å². The molecule has 0 amide bonds. The van der Waals surface area contributed by atoms with Gasteiger partial charge in [-0.25, -0.2) is 0 Å². The van der Waals surface area contributed by atoms with Gasteiger partial charge in [0.2, 0.25) is 0 Å². The summed E-state index contributed by atoms with van der Waals surface area (Å²) < 4.78 is 0. The molecule has 0 aromatic heterocycles. The highest BCUT2D eigenvalue weighted by Gasteiger charge is 2.32. The van der Waals surface area contributed by atoms with Gasteiger partial charge in [0, 0.05) is 5.92 Å². The molecule has 64 valence electrons. The van der Waals surface area contributed by atoms with E-state index in [1.807, 2.05) is 0 Å². The standard InChI is InChI=1S/C9H17NO/c11-10-7-3-5-8-4-1-2-6-9(8)10/h8-10H,1-7H2. The van der Waals surface area contributed by atoms with Gasteiger partial charge >= 0.3 is 0 Å². The van der Waals surface area contributed by atoms with Crippen molar-refractivity contribution >= 4 is 0 Å². The Labute approximate surface area is 68.2 Å². The van der Waals surface area contributed by atoms with Crippen LogP contribution >= 0.6 is 0 Å². The predicted molar refractivity (Wildman–Crippen MR) is 44.2 cm³/mol. The molecular formula is C9H17NO. The third-order valence-electron chi connectivity index (χ3n) is 3.32. The van der Waals surface area contributed by atoms with E-state index < -0.39 is 0 Å². The van der Waals surface area contributed by atoms with Crippen molar-refractivity contribution in [2.75, 3.05) is 6.54 Å². The van der Waals surface area contributed by atoms with Gasteiger partial charge in [0.05, 0.1) is 12.6 Å². The molecule has 2 aliphatic rings. The molecule has 3 atom stereocenters. The van der Waals surface area contributed by atoms with Crippen LogP contribution in [0.25, 0.3) is 0 Å². The van der Waals surface area contributed by atoms with E-state index in [-0.39, 0.29) is 0 Å². The maximum atomic E-state index is 11.4. The highest BCUT2D eigenvalue weighted by molar-refractivity contribution is 4.77. The van der Waals surface area contributed by atoms with Gasteiger partial charge in [-0.2, -0.15) is 0 Å². The van der Waals surface area contributed by atoms with E-state index in [9.17, 15) is 5.21 Å². The van der Waals surface area contributed by atoms with Crippen molar-refractivity contribution in [1.82, 2.24) is 0 Å². The van der Waals surface area contributed by atoms with Crippen LogP contribution < -0.4 is 5.06 Å². The first-order valence-electron chi connectivity index (χ1n) is 4.90. The smallest absolute Gasteiger partial charge is 0.0900 e. The molecule has 1 heterocycles. The lowest BCUT2D eigenvalue weighted by Crippen LogP contribution is -3.13. The molecule has 2 heteroatoms. The minimum Gasteiger partial charge on any atom is -0.634 e. The first-order chi connectivity index (χ1) is 5.38. The van der Waals surface area contributed by atoms with Gasteiger partial charge in [0.25, 0.3) is 0 Å². The minimum absolute atomic E-state index is 0.484. The third kappa shape index (κ3) is 1.42. The summed E-state index contributed by atoms with van der Waals surface area (Å²) in [5.74, 6) is 0.782. The van der Waals surface area contributed by atoms with E-state index in [1.54, 1.807) is 0 Å². The maximum Gasteiger partial charge on any atom is 0.0900 e. The molecule has 0 bridgehead atoms. The second kappa shape index (κ2) is 3.11. The van der Waals surface area contributed by atoms with Crippen LogP contribution in [0.4, 0.5) is 0 Å². The molecule has 3 unspecified atom stereocenters. The number of rotatable bonds is 0. The lowest BCUT2D eigenvalue weighted by molar-refractivity contribution is -0.887. The molecule has 1 saturated carbocycles. The molecule has 0 radical (unpaired) electrons.